The van der Waals surface area contributed by atoms with Gasteiger partial charge in [0.25, 0.3) is 5.91 Å². The Bertz CT molecular complexity index is 619. The maximum atomic E-state index is 12.6. The van der Waals surface area contributed by atoms with Crippen LogP contribution in [0.3, 0.4) is 0 Å². The van der Waals surface area contributed by atoms with Crippen molar-refractivity contribution in [2.45, 2.75) is 0 Å². The Morgan fingerprint density at radius 1 is 1.35 bits per heavy atom. The summed E-state index contributed by atoms with van der Waals surface area (Å²) in [6.07, 6.45) is 2.89. The highest BCUT2D eigenvalue weighted by atomic mass is 35.5. The lowest BCUT2D eigenvalue weighted by atomic mass is 10.2. The summed E-state index contributed by atoms with van der Waals surface area (Å²) in [6.45, 7) is -0.0471. The van der Waals surface area contributed by atoms with Crippen molar-refractivity contribution < 1.29 is 9.90 Å². The van der Waals surface area contributed by atoms with E-state index >= 15 is 0 Å². The molecule has 2 rings (SSSR count). The highest BCUT2D eigenvalue weighted by Gasteiger charge is 2.21. The third-order valence-corrected chi connectivity index (χ3v) is 3.10. The van der Waals surface area contributed by atoms with Crippen LogP contribution in [0.15, 0.2) is 42.7 Å². The molecule has 0 saturated heterocycles. The number of anilines is 2. The van der Waals surface area contributed by atoms with Crippen molar-refractivity contribution in [2.24, 2.45) is 0 Å². The SMILES string of the molecule is Nc1ccccc1N(CCO)C(=O)c1ccncc1Cl. The third kappa shape index (κ3) is 2.89. The van der Waals surface area contributed by atoms with Crippen LogP contribution in [-0.4, -0.2) is 29.1 Å². The minimum absolute atomic E-state index is 0.131. The van der Waals surface area contributed by atoms with Crippen molar-refractivity contribution in [1.82, 2.24) is 4.98 Å². The number of rotatable bonds is 4. The number of nitrogens with zero attached hydrogens (tertiary/aromatic N) is 2. The van der Waals surface area contributed by atoms with Crippen molar-refractivity contribution in [3.8, 4) is 0 Å². The topological polar surface area (TPSA) is 79.5 Å². The normalized spacial score (nSPS) is 10.3. The number of nitrogen functional groups attached to an aromatic ring is 1. The predicted octanol–water partition coefficient (Wildman–Crippen LogP) is 1.96. The molecule has 0 fully saturated rings. The average molecular weight is 292 g/mol. The van der Waals surface area contributed by atoms with E-state index < -0.39 is 0 Å². The van der Waals surface area contributed by atoms with Gasteiger partial charge < -0.3 is 15.7 Å². The van der Waals surface area contributed by atoms with E-state index in [2.05, 4.69) is 4.98 Å². The number of hydrogen-bond donors (Lipinski definition) is 2. The number of carbonyl (C=O) groups is 1. The lowest BCUT2D eigenvalue weighted by Gasteiger charge is -2.23. The van der Waals surface area contributed by atoms with E-state index in [1.807, 2.05) is 0 Å². The van der Waals surface area contributed by atoms with E-state index in [-0.39, 0.29) is 24.1 Å². The molecule has 0 radical (unpaired) electrons. The third-order valence-electron chi connectivity index (χ3n) is 2.80. The molecule has 0 aliphatic rings. The van der Waals surface area contributed by atoms with Crippen LogP contribution in [0, 0.1) is 0 Å². The number of aromatic nitrogens is 1. The summed E-state index contributed by atoms with van der Waals surface area (Å²) in [6, 6.07) is 8.50. The second-order valence-corrected chi connectivity index (χ2v) is 4.50. The number of para-hydroxylation sites is 2. The molecule has 3 N–H and O–H groups in total. The molecule has 5 nitrogen and oxygen atoms in total. The Hall–Kier alpha value is -2.11. The number of nitrogens with two attached hydrogens (primary N) is 1. The first kappa shape index (κ1) is 14.3. The Morgan fingerprint density at radius 3 is 2.75 bits per heavy atom. The molecule has 0 atom stereocenters. The fourth-order valence-electron chi connectivity index (χ4n) is 1.86. The Labute approximate surface area is 121 Å². The second-order valence-electron chi connectivity index (χ2n) is 4.09. The molecular formula is C14H14ClN3O2. The molecule has 104 valence electrons. The fraction of sp³-hybridized carbons (Fsp3) is 0.143. The Kier molecular flexibility index (Phi) is 4.55. The minimum atomic E-state index is -0.329. The molecule has 2 aromatic rings. The van der Waals surface area contributed by atoms with Crippen LogP contribution >= 0.6 is 11.6 Å². The summed E-state index contributed by atoms with van der Waals surface area (Å²) in [7, 11) is 0. The van der Waals surface area contributed by atoms with Gasteiger partial charge in [-0.05, 0) is 18.2 Å². The highest BCUT2D eigenvalue weighted by Crippen LogP contribution is 2.25. The molecule has 0 unspecified atom stereocenters. The number of halogens is 1. The molecule has 1 aromatic heterocycles. The Balaban J connectivity index is 2.42. The van der Waals surface area contributed by atoms with Crippen LogP contribution in [0.2, 0.25) is 5.02 Å². The molecule has 20 heavy (non-hydrogen) atoms. The first-order valence-corrected chi connectivity index (χ1v) is 6.39. The number of hydrogen-bond acceptors (Lipinski definition) is 4. The van der Waals surface area contributed by atoms with E-state index in [0.717, 1.165) is 0 Å². The zero-order chi connectivity index (χ0) is 14.5. The smallest absolute Gasteiger partial charge is 0.260 e. The van der Waals surface area contributed by atoms with Gasteiger partial charge in [0.15, 0.2) is 0 Å². The van der Waals surface area contributed by atoms with Gasteiger partial charge >= 0.3 is 0 Å². The maximum absolute atomic E-state index is 12.6. The molecule has 0 aliphatic carbocycles. The standard InChI is InChI=1S/C14H14ClN3O2/c15-11-9-17-6-5-10(11)14(20)18(7-8-19)13-4-2-1-3-12(13)16/h1-6,9,19H,7-8,16H2. The average Bonchev–Trinajstić information content (AvgIpc) is 2.46. The summed E-state index contributed by atoms with van der Waals surface area (Å²) in [5.74, 6) is -0.329. The van der Waals surface area contributed by atoms with Crippen LogP contribution in [0.1, 0.15) is 10.4 Å². The first-order chi connectivity index (χ1) is 9.65. The van der Waals surface area contributed by atoms with E-state index in [4.69, 9.17) is 17.3 Å². The first-order valence-electron chi connectivity index (χ1n) is 6.02. The van der Waals surface area contributed by atoms with E-state index in [9.17, 15) is 9.90 Å². The van der Waals surface area contributed by atoms with Gasteiger partial charge in [-0.25, -0.2) is 0 Å². The van der Waals surface area contributed by atoms with Crippen LogP contribution in [0.5, 0.6) is 0 Å². The lowest BCUT2D eigenvalue weighted by Crippen LogP contribution is -2.34. The lowest BCUT2D eigenvalue weighted by molar-refractivity contribution is 0.0981. The van der Waals surface area contributed by atoms with Gasteiger partial charge in [0.1, 0.15) is 0 Å². The van der Waals surface area contributed by atoms with Gasteiger partial charge in [0.2, 0.25) is 0 Å². The molecule has 0 spiro atoms. The molecule has 1 heterocycles. The monoisotopic (exact) mass is 291 g/mol. The maximum Gasteiger partial charge on any atom is 0.260 e. The van der Waals surface area contributed by atoms with E-state index in [1.165, 1.54) is 23.4 Å². The fourth-order valence-corrected chi connectivity index (χ4v) is 2.06. The zero-order valence-electron chi connectivity index (χ0n) is 10.7. The van der Waals surface area contributed by atoms with Gasteiger partial charge in [-0.1, -0.05) is 23.7 Å². The van der Waals surface area contributed by atoms with Crippen molar-refractivity contribution in [1.29, 1.82) is 0 Å². The van der Waals surface area contributed by atoms with Gasteiger partial charge in [-0.15, -0.1) is 0 Å². The number of aliphatic hydroxyl groups is 1. The molecule has 0 aliphatic heterocycles. The van der Waals surface area contributed by atoms with E-state index in [1.54, 1.807) is 24.3 Å². The van der Waals surface area contributed by atoms with Gasteiger partial charge in [0.05, 0.1) is 28.6 Å². The van der Waals surface area contributed by atoms with Crippen LogP contribution in [0.4, 0.5) is 11.4 Å². The number of aliphatic hydroxyl groups excluding tert-OH is 1. The second kappa shape index (κ2) is 6.36. The molecule has 0 saturated carbocycles. The number of amides is 1. The molecular weight excluding hydrogens is 278 g/mol. The summed E-state index contributed by atoms with van der Waals surface area (Å²) in [5.41, 5.74) is 7.20. The molecule has 0 bridgehead atoms. The van der Waals surface area contributed by atoms with Crippen LogP contribution in [0.25, 0.3) is 0 Å². The minimum Gasteiger partial charge on any atom is -0.397 e. The quantitative estimate of drug-likeness (QED) is 0.844. The summed E-state index contributed by atoms with van der Waals surface area (Å²) in [5, 5.41) is 9.43. The van der Waals surface area contributed by atoms with Gasteiger partial charge in [0, 0.05) is 18.9 Å². The number of pyridine rings is 1. The van der Waals surface area contributed by atoms with Crippen molar-refractivity contribution in [3.05, 3.63) is 53.3 Å². The largest absolute Gasteiger partial charge is 0.397 e. The molecule has 6 heteroatoms. The van der Waals surface area contributed by atoms with E-state index in [0.29, 0.717) is 16.9 Å². The predicted molar refractivity (Wildman–Crippen MR) is 78.9 cm³/mol. The summed E-state index contributed by atoms with van der Waals surface area (Å²) >= 11 is 5.99. The summed E-state index contributed by atoms with van der Waals surface area (Å²) in [4.78, 5) is 17.8. The van der Waals surface area contributed by atoms with Crippen LogP contribution in [-0.2, 0) is 0 Å². The number of carbonyl (C=O) groups excluding carboxylic acids is 1. The Morgan fingerprint density at radius 2 is 2.10 bits per heavy atom. The van der Waals surface area contributed by atoms with Gasteiger partial charge in [-0.2, -0.15) is 0 Å². The highest BCUT2D eigenvalue weighted by molar-refractivity contribution is 6.34. The van der Waals surface area contributed by atoms with Gasteiger partial charge in [-0.3, -0.25) is 9.78 Å². The van der Waals surface area contributed by atoms with Crippen molar-refractivity contribution >= 4 is 28.9 Å². The van der Waals surface area contributed by atoms with Crippen LogP contribution < -0.4 is 10.6 Å². The van der Waals surface area contributed by atoms with Crippen molar-refractivity contribution in [2.75, 3.05) is 23.8 Å². The van der Waals surface area contributed by atoms with Crippen molar-refractivity contribution in [3.63, 3.8) is 0 Å². The molecule has 1 amide bonds. The molecule has 1 aromatic carbocycles. The number of benzene rings is 1. The summed E-state index contributed by atoms with van der Waals surface area (Å²) < 4.78 is 0. The zero-order valence-corrected chi connectivity index (χ0v) is 11.4.